The van der Waals surface area contributed by atoms with Gasteiger partial charge in [0, 0.05) is 18.7 Å². The van der Waals surface area contributed by atoms with Gasteiger partial charge in [0.2, 0.25) is 0 Å². The number of carbonyl (C=O) groups excluding carboxylic acids is 1. The molecule has 1 fully saturated rings. The molecule has 1 aromatic carbocycles. The molecule has 0 atom stereocenters. The highest BCUT2D eigenvalue weighted by atomic mass is 19.1. The molecule has 0 aliphatic carbocycles. The maximum absolute atomic E-state index is 14.7. The molecule has 0 unspecified atom stereocenters. The van der Waals surface area contributed by atoms with Gasteiger partial charge in [-0.2, -0.15) is 0 Å². The Morgan fingerprint density at radius 3 is 2.24 bits per heavy atom. The monoisotopic (exact) mass is 235 g/mol. The molecule has 2 nitrogen and oxygen atoms in total. The molecule has 0 spiro atoms. The van der Waals surface area contributed by atoms with E-state index in [1.54, 1.807) is 24.3 Å². The Morgan fingerprint density at radius 1 is 1.24 bits per heavy atom. The van der Waals surface area contributed by atoms with Crippen LogP contribution >= 0.6 is 0 Å². The van der Waals surface area contributed by atoms with Crippen molar-refractivity contribution < 1.29 is 9.18 Å². The van der Waals surface area contributed by atoms with Crippen LogP contribution in [0, 0.1) is 0 Å². The summed E-state index contributed by atoms with van der Waals surface area (Å²) in [7, 11) is 2.01. The Kier molecular flexibility index (Phi) is 3.29. The van der Waals surface area contributed by atoms with Crippen molar-refractivity contribution in [1.29, 1.82) is 0 Å². The summed E-state index contributed by atoms with van der Waals surface area (Å²) in [4.78, 5) is 13.3. The Balaban J connectivity index is 2.19. The molecule has 92 valence electrons. The maximum atomic E-state index is 14.7. The lowest BCUT2D eigenvalue weighted by Gasteiger charge is -2.34. The van der Waals surface area contributed by atoms with Gasteiger partial charge < -0.3 is 4.90 Å². The van der Waals surface area contributed by atoms with E-state index >= 15 is 0 Å². The molecule has 3 heteroatoms. The van der Waals surface area contributed by atoms with E-state index in [1.807, 2.05) is 7.05 Å². The van der Waals surface area contributed by atoms with Gasteiger partial charge >= 0.3 is 0 Å². The predicted octanol–water partition coefficient (Wildman–Crippen LogP) is 2.78. The molecule has 1 saturated heterocycles. The van der Waals surface area contributed by atoms with E-state index in [2.05, 4.69) is 4.90 Å². The zero-order valence-corrected chi connectivity index (χ0v) is 10.4. The minimum atomic E-state index is -1.22. The normalized spacial score (nSPS) is 20.2. The number of hydrogen-bond acceptors (Lipinski definition) is 2. The summed E-state index contributed by atoms with van der Waals surface area (Å²) in [5, 5.41) is 0. The molecular formula is C14H18FNO. The largest absolute Gasteiger partial charge is 0.306 e. The molecule has 0 N–H and O–H groups in total. The summed E-state index contributed by atoms with van der Waals surface area (Å²) in [5.41, 5.74) is 0.128. The number of Topliss-reactive ketones (excluding diaryl/α,β-unsaturated/α-hetero) is 1. The topological polar surface area (TPSA) is 20.3 Å². The molecule has 1 heterocycles. The van der Waals surface area contributed by atoms with Gasteiger partial charge in [-0.1, -0.05) is 24.3 Å². The summed E-state index contributed by atoms with van der Waals surface area (Å²) < 4.78 is 14.7. The fourth-order valence-corrected chi connectivity index (χ4v) is 2.27. The number of benzene rings is 1. The molecule has 0 saturated carbocycles. The van der Waals surface area contributed by atoms with Crippen LogP contribution in [-0.2, 0) is 5.67 Å². The lowest BCUT2D eigenvalue weighted by molar-refractivity contribution is 0.0673. The summed E-state index contributed by atoms with van der Waals surface area (Å²) in [5.74, 6) is 0.0211. The minimum absolute atomic E-state index is 0.0211. The van der Waals surface area contributed by atoms with Gasteiger partial charge in [-0.05, 0) is 32.4 Å². The first-order valence-electron chi connectivity index (χ1n) is 6.00. The molecule has 2 rings (SSSR count). The van der Waals surface area contributed by atoms with Gasteiger partial charge in [0.15, 0.2) is 5.78 Å². The van der Waals surface area contributed by atoms with Crippen LogP contribution in [0.1, 0.15) is 35.7 Å². The van der Waals surface area contributed by atoms with Crippen LogP contribution in [0.5, 0.6) is 0 Å². The van der Waals surface area contributed by atoms with Crippen LogP contribution < -0.4 is 0 Å². The molecule has 1 aliphatic heterocycles. The van der Waals surface area contributed by atoms with Gasteiger partial charge in [-0.15, -0.1) is 0 Å². The molecule has 1 aliphatic rings. The highest BCUT2D eigenvalue weighted by Crippen LogP contribution is 2.36. The van der Waals surface area contributed by atoms with E-state index in [1.165, 1.54) is 6.92 Å². The first kappa shape index (κ1) is 12.2. The quantitative estimate of drug-likeness (QED) is 0.735. The van der Waals surface area contributed by atoms with E-state index in [-0.39, 0.29) is 5.78 Å². The smallest absolute Gasteiger partial charge is 0.159 e. The van der Waals surface area contributed by atoms with E-state index in [4.69, 9.17) is 0 Å². The summed E-state index contributed by atoms with van der Waals surface area (Å²) in [6.07, 6.45) is 1.06. The number of likely N-dealkylation sites (tertiary alicyclic amines) is 1. The number of halogens is 1. The van der Waals surface area contributed by atoms with Crippen LogP contribution in [0.2, 0.25) is 0 Å². The van der Waals surface area contributed by atoms with Crippen molar-refractivity contribution in [3.8, 4) is 0 Å². The number of carbonyl (C=O) groups is 1. The predicted molar refractivity (Wildman–Crippen MR) is 66.0 cm³/mol. The second-order valence-electron chi connectivity index (χ2n) is 4.90. The average Bonchev–Trinajstić information content (AvgIpc) is 2.33. The number of ketones is 1. The Labute approximate surface area is 101 Å². The fraction of sp³-hybridized carbons (Fsp3) is 0.500. The summed E-state index contributed by atoms with van der Waals surface area (Å²) in [6.45, 7) is 3.09. The van der Waals surface area contributed by atoms with E-state index in [0.717, 1.165) is 13.1 Å². The third kappa shape index (κ3) is 2.55. The van der Waals surface area contributed by atoms with Crippen LogP contribution in [0.25, 0.3) is 0 Å². The third-order valence-corrected chi connectivity index (χ3v) is 3.59. The zero-order valence-electron chi connectivity index (χ0n) is 10.4. The van der Waals surface area contributed by atoms with Gasteiger partial charge in [0.25, 0.3) is 0 Å². The minimum Gasteiger partial charge on any atom is -0.306 e. The van der Waals surface area contributed by atoms with Crippen molar-refractivity contribution in [1.82, 2.24) is 4.90 Å². The molecule has 0 aromatic heterocycles. The Bertz CT molecular complexity index is 405. The Morgan fingerprint density at radius 2 is 1.76 bits per heavy atom. The zero-order chi connectivity index (χ0) is 12.5. The second kappa shape index (κ2) is 4.57. The lowest BCUT2D eigenvalue weighted by atomic mass is 9.86. The van der Waals surface area contributed by atoms with Crippen molar-refractivity contribution in [2.24, 2.45) is 0 Å². The fourth-order valence-electron chi connectivity index (χ4n) is 2.27. The van der Waals surface area contributed by atoms with Crippen molar-refractivity contribution in [2.45, 2.75) is 25.4 Å². The Hall–Kier alpha value is -1.22. The number of rotatable bonds is 2. The highest BCUT2D eigenvalue weighted by Gasteiger charge is 2.35. The standard InChI is InChI=1S/C14H18FNO/c1-11(17)12-3-5-13(6-4-12)14(15)7-9-16(2)10-8-14/h3-6H,7-10H2,1-2H3. The third-order valence-electron chi connectivity index (χ3n) is 3.59. The van der Waals surface area contributed by atoms with Crippen molar-refractivity contribution in [3.63, 3.8) is 0 Å². The van der Waals surface area contributed by atoms with Crippen LogP contribution in [-0.4, -0.2) is 30.8 Å². The van der Waals surface area contributed by atoms with Gasteiger partial charge in [0.05, 0.1) is 0 Å². The molecular weight excluding hydrogens is 217 g/mol. The van der Waals surface area contributed by atoms with Crippen LogP contribution in [0.15, 0.2) is 24.3 Å². The van der Waals surface area contributed by atoms with Crippen LogP contribution in [0.4, 0.5) is 4.39 Å². The van der Waals surface area contributed by atoms with Gasteiger partial charge in [0.1, 0.15) is 5.67 Å². The maximum Gasteiger partial charge on any atom is 0.159 e. The van der Waals surface area contributed by atoms with E-state index in [9.17, 15) is 9.18 Å². The van der Waals surface area contributed by atoms with Crippen molar-refractivity contribution in [2.75, 3.05) is 20.1 Å². The first-order chi connectivity index (χ1) is 8.01. The van der Waals surface area contributed by atoms with Gasteiger partial charge in [-0.25, -0.2) is 4.39 Å². The molecule has 0 radical (unpaired) electrons. The number of nitrogens with zero attached hydrogens (tertiary/aromatic N) is 1. The number of hydrogen-bond donors (Lipinski definition) is 0. The average molecular weight is 235 g/mol. The summed E-state index contributed by atoms with van der Waals surface area (Å²) >= 11 is 0. The molecule has 1 aromatic rings. The van der Waals surface area contributed by atoms with E-state index in [0.29, 0.717) is 24.0 Å². The van der Waals surface area contributed by atoms with Gasteiger partial charge in [-0.3, -0.25) is 4.79 Å². The molecule has 0 bridgehead atoms. The van der Waals surface area contributed by atoms with Crippen molar-refractivity contribution >= 4 is 5.78 Å². The highest BCUT2D eigenvalue weighted by molar-refractivity contribution is 5.94. The molecule has 17 heavy (non-hydrogen) atoms. The number of alkyl halides is 1. The first-order valence-corrected chi connectivity index (χ1v) is 6.00. The van der Waals surface area contributed by atoms with Crippen LogP contribution in [0.3, 0.4) is 0 Å². The molecule has 0 amide bonds. The summed E-state index contributed by atoms with van der Waals surface area (Å²) in [6, 6.07) is 6.94. The van der Waals surface area contributed by atoms with Crippen molar-refractivity contribution in [3.05, 3.63) is 35.4 Å². The second-order valence-corrected chi connectivity index (χ2v) is 4.90. The van der Waals surface area contributed by atoms with E-state index < -0.39 is 5.67 Å². The SMILES string of the molecule is CC(=O)c1ccc(C2(F)CCN(C)CC2)cc1. The number of piperidine rings is 1. The lowest BCUT2D eigenvalue weighted by Crippen LogP contribution is -2.37.